The number of carbonyl (C=O) groups is 1. The zero-order chi connectivity index (χ0) is 17.6. The number of likely N-dealkylation sites (N-methyl/N-ethyl adjacent to an activating group) is 1. The highest BCUT2D eigenvalue weighted by molar-refractivity contribution is 7.98. The monoisotopic (exact) mass is 354 g/mol. The van der Waals surface area contributed by atoms with E-state index < -0.39 is 0 Å². The van der Waals surface area contributed by atoms with Crippen LogP contribution in [0, 0.1) is 0 Å². The molecule has 1 unspecified atom stereocenters. The highest BCUT2D eigenvalue weighted by Gasteiger charge is 2.12. The van der Waals surface area contributed by atoms with Crippen LogP contribution in [0.15, 0.2) is 59.8 Å². The molecule has 5 nitrogen and oxygen atoms in total. The summed E-state index contributed by atoms with van der Waals surface area (Å²) >= 11 is 1.63. The maximum Gasteiger partial charge on any atom is 0.252 e. The number of rotatable bonds is 7. The molecule has 25 heavy (non-hydrogen) atoms. The number of pyridine rings is 1. The fourth-order valence-corrected chi connectivity index (χ4v) is 3.37. The van der Waals surface area contributed by atoms with Gasteiger partial charge in [-0.3, -0.25) is 4.79 Å². The third kappa shape index (κ3) is 4.41. The Labute approximate surface area is 151 Å². The van der Waals surface area contributed by atoms with Gasteiger partial charge < -0.3 is 15.0 Å². The number of amides is 1. The fraction of sp³-hybridized carbons (Fsp3) is 0.263. The van der Waals surface area contributed by atoms with Gasteiger partial charge in [0.15, 0.2) is 0 Å². The molecule has 1 atom stereocenters. The van der Waals surface area contributed by atoms with E-state index in [0.717, 1.165) is 22.0 Å². The topological polar surface area (TPSA) is 58.4 Å². The molecule has 1 aromatic carbocycles. The van der Waals surface area contributed by atoms with E-state index in [1.54, 1.807) is 11.8 Å². The second kappa shape index (κ2) is 8.18. The molecule has 2 aromatic heterocycles. The molecule has 0 radical (unpaired) electrons. The Kier molecular flexibility index (Phi) is 5.73. The number of thioether (sulfide) groups is 1. The molecule has 0 bridgehead atoms. The molecule has 0 fully saturated rings. The number of carbonyl (C=O) groups excluding carboxylic acids is 1. The van der Waals surface area contributed by atoms with Crippen molar-refractivity contribution in [3.05, 3.63) is 66.1 Å². The number of benzene rings is 1. The lowest BCUT2D eigenvalue weighted by Gasteiger charge is -2.13. The minimum absolute atomic E-state index is 0.0415. The van der Waals surface area contributed by atoms with Crippen molar-refractivity contribution in [2.24, 2.45) is 0 Å². The summed E-state index contributed by atoms with van der Waals surface area (Å²) < 4.78 is 2.01. The summed E-state index contributed by atoms with van der Waals surface area (Å²) in [6.07, 6.45) is 4.01. The molecule has 3 rings (SSSR count). The van der Waals surface area contributed by atoms with Gasteiger partial charge in [0, 0.05) is 35.6 Å². The summed E-state index contributed by atoms with van der Waals surface area (Å²) in [6, 6.07) is 13.9. The van der Waals surface area contributed by atoms with Crippen molar-refractivity contribution in [1.82, 2.24) is 20.0 Å². The average molecular weight is 354 g/mol. The van der Waals surface area contributed by atoms with Crippen LogP contribution in [-0.4, -0.2) is 34.9 Å². The van der Waals surface area contributed by atoms with Gasteiger partial charge in [-0.25, -0.2) is 4.98 Å². The first kappa shape index (κ1) is 17.5. The first-order chi connectivity index (χ1) is 12.2. The van der Waals surface area contributed by atoms with Gasteiger partial charge >= 0.3 is 0 Å². The van der Waals surface area contributed by atoms with Gasteiger partial charge in [0.1, 0.15) is 5.65 Å². The lowest BCUT2D eigenvalue weighted by atomic mass is 10.2. The molecule has 130 valence electrons. The van der Waals surface area contributed by atoms with Crippen LogP contribution >= 0.6 is 11.8 Å². The van der Waals surface area contributed by atoms with Crippen LogP contribution in [0.25, 0.3) is 5.65 Å². The van der Waals surface area contributed by atoms with Gasteiger partial charge in [-0.15, -0.1) is 11.8 Å². The van der Waals surface area contributed by atoms with E-state index in [0.29, 0.717) is 12.1 Å². The maximum absolute atomic E-state index is 12.5. The standard InChI is InChI=1S/C19H22N4OS/c1-14(20-2)11-21-19(24)16-7-3-4-8-17(16)25-13-15-12-23-10-6-5-9-18(23)22-15/h3-10,12,14,20H,11,13H2,1-2H3,(H,21,24). The predicted octanol–water partition coefficient (Wildman–Crippen LogP) is 2.96. The van der Waals surface area contributed by atoms with Crippen LogP contribution < -0.4 is 10.6 Å². The molecule has 6 heteroatoms. The number of imidazole rings is 1. The van der Waals surface area contributed by atoms with E-state index in [1.165, 1.54) is 0 Å². The van der Waals surface area contributed by atoms with Crippen molar-refractivity contribution < 1.29 is 4.79 Å². The molecular weight excluding hydrogens is 332 g/mol. The second-order valence-electron chi connectivity index (χ2n) is 5.88. The first-order valence-electron chi connectivity index (χ1n) is 8.27. The Morgan fingerprint density at radius 3 is 2.84 bits per heavy atom. The van der Waals surface area contributed by atoms with Crippen molar-refractivity contribution in [1.29, 1.82) is 0 Å². The van der Waals surface area contributed by atoms with Gasteiger partial charge in [0.25, 0.3) is 5.91 Å². The summed E-state index contributed by atoms with van der Waals surface area (Å²) in [4.78, 5) is 18.0. The summed E-state index contributed by atoms with van der Waals surface area (Å²) in [5.74, 6) is 0.680. The SMILES string of the molecule is CNC(C)CNC(=O)c1ccccc1SCc1cn2ccccc2n1. The molecule has 0 aliphatic heterocycles. The second-order valence-corrected chi connectivity index (χ2v) is 6.90. The quantitative estimate of drug-likeness (QED) is 0.641. The predicted molar refractivity (Wildman–Crippen MR) is 102 cm³/mol. The fourth-order valence-electron chi connectivity index (χ4n) is 2.43. The van der Waals surface area contributed by atoms with E-state index in [-0.39, 0.29) is 11.9 Å². The van der Waals surface area contributed by atoms with Crippen molar-refractivity contribution in [2.45, 2.75) is 23.6 Å². The van der Waals surface area contributed by atoms with Gasteiger partial charge in [-0.1, -0.05) is 18.2 Å². The lowest BCUT2D eigenvalue weighted by molar-refractivity contribution is 0.0947. The molecule has 0 aliphatic rings. The Bertz CT molecular complexity index is 828. The van der Waals surface area contributed by atoms with E-state index in [9.17, 15) is 4.79 Å². The average Bonchev–Trinajstić information content (AvgIpc) is 3.07. The number of nitrogens with zero attached hydrogens (tertiary/aromatic N) is 2. The third-order valence-electron chi connectivity index (χ3n) is 3.98. The Morgan fingerprint density at radius 2 is 2.04 bits per heavy atom. The number of fused-ring (bicyclic) bond motifs is 1. The van der Waals surface area contributed by atoms with Crippen LogP contribution in [-0.2, 0) is 5.75 Å². The molecule has 1 amide bonds. The normalized spacial score (nSPS) is 12.2. The van der Waals surface area contributed by atoms with Gasteiger partial charge in [-0.05, 0) is 38.2 Å². The number of nitrogens with one attached hydrogen (secondary N) is 2. The Hall–Kier alpha value is -2.31. The first-order valence-corrected chi connectivity index (χ1v) is 9.26. The molecule has 0 aliphatic carbocycles. The number of hydrogen-bond donors (Lipinski definition) is 2. The van der Waals surface area contributed by atoms with Gasteiger partial charge in [-0.2, -0.15) is 0 Å². The van der Waals surface area contributed by atoms with E-state index in [2.05, 4.69) is 15.6 Å². The summed E-state index contributed by atoms with van der Waals surface area (Å²) in [6.45, 7) is 2.63. The van der Waals surface area contributed by atoms with Crippen LogP contribution in [0.4, 0.5) is 0 Å². The molecule has 0 saturated heterocycles. The van der Waals surface area contributed by atoms with Crippen molar-refractivity contribution in [3.8, 4) is 0 Å². The molecule has 2 heterocycles. The van der Waals surface area contributed by atoms with E-state index in [4.69, 9.17) is 0 Å². The van der Waals surface area contributed by atoms with Crippen LogP contribution in [0.3, 0.4) is 0 Å². The van der Waals surface area contributed by atoms with Crippen LogP contribution in [0.5, 0.6) is 0 Å². The number of hydrogen-bond acceptors (Lipinski definition) is 4. The summed E-state index contributed by atoms with van der Waals surface area (Å²) in [7, 11) is 1.88. The number of aromatic nitrogens is 2. The van der Waals surface area contributed by atoms with E-state index >= 15 is 0 Å². The van der Waals surface area contributed by atoms with E-state index in [1.807, 2.05) is 73.2 Å². The maximum atomic E-state index is 12.5. The Morgan fingerprint density at radius 1 is 1.24 bits per heavy atom. The van der Waals surface area contributed by atoms with Crippen molar-refractivity contribution in [3.63, 3.8) is 0 Å². The molecular formula is C19H22N4OS. The van der Waals surface area contributed by atoms with Crippen molar-refractivity contribution in [2.75, 3.05) is 13.6 Å². The lowest BCUT2D eigenvalue weighted by Crippen LogP contribution is -2.37. The Balaban J connectivity index is 1.69. The van der Waals surface area contributed by atoms with Gasteiger partial charge in [0.2, 0.25) is 0 Å². The highest BCUT2D eigenvalue weighted by Crippen LogP contribution is 2.26. The van der Waals surface area contributed by atoms with Crippen LogP contribution in [0.2, 0.25) is 0 Å². The zero-order valence-electron chi connectivity index (χ0n) is 14.4. The molecule has 0 saturated carbocycles. The van der Waals surface area contributed by atoms with Crippen LogP contribution in [0.1, 0.15) is 23.0 Å². The third-order valence-corrected chi connectivity index (χ3v) is 5.09. The smallest absolute Gasteiger partial charge is 0.252 e. The molecule has 0 spiro atoms. The molecule has 3 aromatic rings. The van der Waals surface area contributed by atoms with Crippen molar-refractivity contribution >= 4 is 23.3 Å². The largest absolute Gasteiger partial charge is 0.350 e. The molecule has 2 N–H and O–H groups in total. The zero-order valence-corrected chi connectivity index (χ0v) is 15.2. The summed E-state index contributed by atoms with van der Waals surface area (Å²) in [5, 5.41) is 6.09. The summed E-state index contributed by atoms with van der Waals surface area (Å²) in [5.41, 5.74) is 2.64. The van der Waals surface area contributed by atoms with Gasteiger partial charge in [0.05, 0.1) is 11.3 Å². The minimum Gasteiger partial charge on any atom is -0.350 e. The minimum atomic E-state index is -0.0415. The highest BCUT2D eigenvalue weighted by atomic mass is 32.2.